The topological polar surface area (TPSA) is 55.8 Å². The van der Waals surface area contributed by atoms with Crippen molar-refractivity contribution >= 4 is 11.9 Å². The first-order valence-electron chi connectivity index (χ1n) is 6.71. The van der Waals surface area contributed by atoms with Crippen LogP contribution in [-0.2, 0) is 19.1 Å². The van der Waals surface area contributed by atoms with E-state index >= 15 is 0 Å². The third-order valence-corrected chi connectivity index (χ3v) is 5.11. The summed E-state index contributed by atoms with van der Waals surface area (Å²) in [5.41, 5.74) is 0.0340. The summed E-state index contributed by atoms with van der Waals surface area (Å²) in [7, 11) is 1.33. The van der Waals surface area contributed by atoms with Gasteiger partial charge in [0, 0.05) is 12.5 Å². The van der Waals surface area contributed by atoms with Gasteiger partial charge < -0.3 is 14.4 Å². The average molecular weight is 269 g/mol. The molecule has 0 bridgehead atoms. The Morgan fingerprint density at radius 1 is 1.21 bits per heavy atom. The van der Waals surface area contributed by atoms with Crippen LogP contribution >= 0.6 is 0 Å². The predicted molar refractivity (Wildman–Crippen MR) is 69.4 cm³/mol. The number of carbonyl (C=O) groups excluding carboxylic acids is 2. The fraction of sp³-hybridized carbons (Fsp3) is 0.857. The molecule has 1 atom stereocenters. The van der Waals surface area contributed by atoms with Gasteiger partial charge in [0.2, 0.25) is 5.91 Å². The van der Waals surface area contributed by atoms with Gasteiger partial charge in [0.15, 0.2) is 6.10 Å². The van der Waals surface area contributed by atoms with E-state index < -0.39 is 12.1 Å². The summed E-state index contributed by atoms with van der Waals surface area (Å²) in [6.45, 7) is 9.71. The summed E-state index contributed by atoms with van der Waals surface area (Å²) in [6.07, 6.45) is -0.646. The second-order valence-electron chi connectivity index (χ2n) is 6.54. The lowest BCUT2D eigenvalue weighted by Gasteiger charge is -2.32. The van der Waals surface area contributed by atoms with E-state index in [9.17, 15) is 9.59 Å². The van der Waals surface area contributed by atoms with Gasteiger partial charge in [-0.3, -0.25) is 4.79 Å². The number of nitrogens with zero attached hydrogens (tertiary/aromatic N) is 1. The van der Waals surface area contributed by atoms with Crippen molar-refractivity contribution < 1.29 is 19.1 Å². The van der Waals surface area contributed by atoms with E-state index in [0.717, 1.165) is 0 Å². The zero-order chi connectivity index (χ0) is 14.4. The minimum atomic E-state index is -0.646. The monoisotopic (exact) mass is 269 g/mol. The Morgan fingerprint density at radius 3 is 2.26 bits per heavy atom. The van der Waals surface area contributed by atoms with Gasteiger partial charge in [-0.1, -0.05) is 27.7 Å². The van der Waals surface area contributed by atoms with E-state index in [2.05, 4.69) is 32.4 Å². The van der Waals surface area contributed by atoms with Gasteiger partial charge in [0.25, 0.3) is 0 Å². The normalized spacial score (nSPS) is 28.9. The van der Waals surface area contributed by atoms with Gasteiger partial charge in [0.05, 0.1) is 20.3 Å². The highest BCUT2D eigenvalue weighted by Gasteiger charge is 2.68. The van der Waals surface area contributed by atoms with Crippen LogP contribution in [0.4, 0.5) is 0 Å². The Morgan fingerprint density at radius 2 is 1.79 bits per heavy atom. The fourth-order valence-corrected chi connectivity index (χ4v) is 3.12. The third kappa shape index (κ3) is 2.14. The second-order valence-corrected chi connectivity index (χ2v) is 6.54. The molecule has 1 saturated heterocycles. The molecule has 1 unspecified atom stereocenters. The van der Waals surface area contributed by atoms with Crippen LogP contribution in [-0.4, -0.2) is 49.7 Å². The lowest BCUT2D eigenvalue weighted by atomic mass is 10.0. The van der Waals surface area contributed by atoms with Gasteiger partial charge in [-0.25, -0.2) is 4.79 Å². The highest BCUT2D eigenvalue weighted by molar-refractivity contribution is 5.85. The molecule has 1 aliphatic heterocycles. The van der Waals surface area contributed by atoms with E-state index in [1.54, 1.807) is 4.90 Å². The van der Waals surface area contributed by atoms with Crippen molar-refractivity contribution in [3.8, 4) is 0 Å². The number of esters is 1. The molecule has 1 saturated carbocycles. The SMILES string of the molecule is COC(=O)C1CN(C(=O)C2C(C)(C)C2(C)C)CCO1. The second kappa shape index (κ2) is 4.47. The third-order valence-electron chi connectivity index (χ3n) is 5.11. The minimum Gasteiger partial charge on any atom is -0.467 e. The van der Waals surface area contributed by atoms with Crippen molar-refractivity contribution in [2.45, 2.75) is 33.8 Å². The van der Waals surface area contributed by atoms with E-state index in [1.807, 2.05) is 0 Å². The average Bonchev–Trinajstić information content (AvgIpc) is 2.78. The van der Waals surface area contributed by atoms with E-state index in [4.69, 9.17) is 4.74 Å². The quantitative estimate of drug-likeness (QED) is 0.704. The van der Waals surface area contributed by atoms with Crippen LogP contribution in [0, 0.1) is 16.7 Å². The number of hydrogen-bond acceptors (Lipinski definition) is 4. The molecule has 5 heteroatoms. The zero-order valence-electron chi connectivity index (χ0n) is 12.4. The molecular weight excluding hydrogens is 246 g/mol. The van der Waals surface area contributed by atoms with Crippen LogP contribution in [0.1, 0.15) is 27.7 Å². The van der Waals surface area contributed by atoms with Crippen molar-refractivity contribution in [2.75, 3.05) is 26.8 Å². The first kappa shape index (κ1) is 14.3. The van der Waals surface area contributed by atoms with E-state index in [-0.39, 0.29) is 22.7 Å². The van der Waals surface area contributed by atoms with Crippen LogP contribution in [0.3, 0.4) is 0 Å². The molecule has 2 rings (SSSR count). The summed E-state index contributed by atoms with van der Waals surface area (Å²) in [6, 6.07) is 0. The smallest absolute Gasteiger partial charge is 0.336 e. The summed E-state index contributed by atoms with van der Waals surface area (Å²) >= 11 is 0. The zero-order valence-corrected chi connectivity index (χ0v) is 12.4. The van der Waals surface area contributed by atoms with E-state index in [1.165, 1.54) is 7.11 Å². The largest absolute Gasteiger partial charge is 0.467 e. The van der Waals surface area contributed by atoms with Crippen molar-refractivity contribution in [3.05, 3.63) is 0 Å². The van der Waals surface area contributed by atoms with Crippen molar-refractivity contribution in [3.63, 3.8) is 0 Å². The van der Waals surface area contributed by atoms with Gasteiger partial charge in [0.1, 0.15) is 0 Å². The van der Waals surface area contributed by atoms with Crippen molar-refractivity contribution in [1.82, 2.24) is 4.90 Å². The number of carbonyl (C=O) groups is 2. The van der Waals surface area contributed by atoms with Gasteiger partial charge in [-0.15, -0.1) is 0 Å². The lowest BCUT2D eigenvalue weighted by Crippen LogP contribution is -2.49. The fourth-order valence-electron chi connectivity index (χ4n) is 3.12. The van der Waals surface area contributed by atoms with Crippen LogP contribution in [0.15, 0.2) is 0 Å². The molecule has 5 nitrogen and oxygen atoms in total. The summed E-state index contributed by atoms with van der Waals surface area (Å²) in [5.74, 6) is -0.254. The van der Waals surface area contributed by atoms with Gasteiger partial charge >= 0.3 is 5.97 Å². The molecule has 2 aliphatic rings. The maximum absolute atomic E-state index is 12.6. The standard InChI is InChI=1S/C14H23NO4/c1-13(2)10(14(13,3)4)11(16)15-6-7-19-9(8-15)12(17)18-5/h9-10H,6-8H2,1-5H3. The maximum Gasteiger partial charge on any atom is 0.336 e. The molecule has 2 fully saturated rings. The van der Waals surface area contributed by atoms with E-state index in [0.29, 0.717) is 19.7 Å². The Bertz CT molecular complexity index is 388. The molecule has 0 radical (unpaired) electrons. The highest BCUT2D eigenvalue weighted by Crippen LogP contribution is 2.68. The van der Waals surface area contributed by atoms with Gasteiger partial charge in [-0.2, -0.15) is 0 Å². The van der Waals surface area contributed by atoms with Crippen LogP contribution in [0.2, 0.25) is 0 Å². The van der Waals surface area contributed by atoms with Crippen LogP contribution in [0.25, 0.3) is 0 Å². The summed E-state index contributed by atoms with van der Waals surface area (Å²) in [5, 5.41) is 0. The maximum atomic E-state index is 12.6. The summed E-state index contributed by atoms with van der Waals surface area (Å²) in [4.78, 5) is 25.8. The Kier molecular flexibility index (Phi) is 3.37. The van der Waals surface area contributed by atoms with Gasteiger partial charge in [-0.05, 0) is 10.8 Å². The number of hydrogen-bond donors (Lipinski definition) is 0. The lowest BCUT2D eigenvalue weighted by molar-refractivity contribution is -0.163. The molecule has 0 spiro atoms. The number of methoxy groups -OCH3 is 1. The molecule has 19 heavy (non-hydrogen) atoms. The predicted octanol–water partition coefficient (Wildman–Crippen LogP) is 1.07. The minimum absolute atomic E-state index is 0.0170. The molecule has 0 aromatic carbocycles. The van der Waals surface area contributed by atoms with Crippen molar-refractivity contribution in [2.24, 2.45) is 16.7 Å². The number of rotatable bonds is 2. The number of amides is 1. The molecular formula is C14H23NO4. The molecule has 1 amide bonds. The molecule has 0 N–H and O–H groups in total. The van der Waals surface area contributed by atoms with Crippen LogP contribution in [0.5, 0.6) is 0 Å². The Hall–Kier alpha value is -1.10. The molecule has 1 heterocycles. The number of ether oxygens (including phenoxy) is 2. The molecule has 108 valence electrons. The molecule has 1 aliphatic carbocycles. The van der Waals surface area contributed by atoms with Crippen molar-refractivity contribution in [1.29, 1.82) is 0 Å². The molecule has 0 aromatic rings. The van der Waals surface area contributed by atoms with Crippen LogP contribution < -0.4 is 0 Å². The first-order chi connectivity index (χ1) is 8.73. The Balaban J connectivity index is 2.03. The molecule has 0 aromatic heterocycles. The number of morpholine rings is 1. The summed E-state index contributed by atoms with van der Waals surface area (Å²) < 4.78 is 10.0. The first-order valence-corrected chi connectivity index (χ1v) is 6.71. The highest BCUT2D eigenvalue weighted by atomic mass is 16.6. The Labute approximate surface area is 114 Å².